The first-order valence-corrected chi connectivity index (χ1v) is 17.3. The van der Waals surface area contributed by atoms with Crippen LogP contribution >= 0.6 is 50.5 Å². The molecule has 13 heteroatoms. The van der Waals surface area contributed by atoms with Crippen LogP contribution in [0.2, 0.25) is 10.0 Å². The minimum Gasteiger partial charge on any atom is -0.493 e. The van der Waals surface area contributed by atoms with Gasteiger partial charge in [-0.2, -0.15) is 0 Å². The van der Waals surface area contributed by atoms with Gasteiger partial charge in [-0.15, -0.1) is 0 Å². The summed E-state index contributed by atoms with van der Waals surface area (Å²) in [6.07, 6.45) is 1.64. The van der Waals surface area contributed by atoms with Gasteiger partial charge in [0.05, 0.1) is 58.8 Å². The number of benzene rings is 3. The molecule has 0 radical (unpaired) electrons. The Morgan fingerprint density at radius 2 is 1.79 bits per heavy atom. The number of hydrogen-bond donors (Lipinski definition) is 0. The van der Waals surface area contributed by atoms with Crippen LogP contribution in [0.1, 0.15) is 50.4 Å². The molecule has 0 amide bonds. The van der Waals surface area contributed by atoms with Crippen molar-refractivity contribution in [3.63, 3.8) is 0 Å². The maximum absolute atomic E-state index is 14.3. The molecule has 0 aliphatic carbocycles. The summed E-state index contributed by atoms with van der Waals surface area (Å²) in [5.41, 5.74) is 2.35. The van der Waals surface area contributed by atoms with Crippen LogP contribution in [-0.4, -0.2) is 37.5 Å². The highest BCUT2D eigenvalue weighted by molar-refractivity contribution is 9.10. The van der Waals surface area contributed by atoms with Crippen molar-refractivity contribution in [1.82, 2.24) is 4.57 Å². The van der Waals surface area contributed by atoms with Gasteiger partial charge in [0.15, 0.2) is 27.8 Å². The number of methoxy groups -OCH3 is 2. The lowest BCUT2D eigenvalue weighted by Gasteiger charge is -2.25. The van der Waals surface area contributed by atoms with Gasteiger partial charge >= 0.3 is 5.97 Å². The average Bonchev–Trinajstić information content (AvgIpc) is 3.34. The number of halogens is 3. The summed E-state index contributed by atoms with van der Waals surface area (Å²) in [5, 5.41) is 0.851. The minimum absolute atomic E-state index is 0.0887. The van der Waals surface area contributed by atoms with E-state index in [1.807, 2.05) is 32.0 Å². The molecule has 4 aromatic rings. The number of fused-ring (bicyclic) bond motifs is 1. The molecule has 0 saturated carbocycles. The first-order chi connectivity index (χ1) is 22.9. The molecular weight excluding hydrogens is 743 g/mol. The lowest BCUT2D eigenvalue weighted by Crippen LogP contribution is -2.40. The Kier molecular flexibility index (Phi) is 11.2. The summed E-state index contributed by atoms with van der Waals surface area (Å²) in [6.45, 7) is 7.62. The SMILES string of the molecule is CCOC(=O)C1=C(C)N=c2s/c(=C/c3cc(Br)cc(OC)c3OCc3ccc(Cl)c(Cl)c3)c(=O)n2[C@H]1c1ccc(OC(C)C)c(OC)c1. The Morgan fingerprint density at radius 3 is 2.46 bits per heavy atom. The maximum Gasteiger partial charge on any atom is 0.338 e. The van der Waals surface area contributed by atoms with E-state index in [-0.39, 0.29) is 30.5 Å². The molecule has 3 aromatic carbocycles. The molecule has 0 spiro atoms. The van der Waals surface area contributed by atoms with Gasteiger partial charge in [-0.1, -0.05) is 62.6 Å². The molecule has 1 aliphatic rings. The van der Waals surface area contributed by atoms with Crippen molar-refractivity contribution < 1.29 is 28.5 Å². The van der Waals surface area contributed by atoms with Crippen LogP contribution in [0.3, 0.4) is 0 Å². The van der Waals surface area contributed by atoms with E-state index in [1.165, 1.54) is 23.0 Å². The monoisotopic (exact) mass is 774 g/mol. The molecule has 1 atom stereocenters. The Labute approximate surface area is 300 Å². The second-order valence-electron chi connectivity index (χ2n) is 10.9. The van der Waals surface area contributed by atoms with Crippen LogP contribution in [0.4, 0.5) is 0 Å². The van der Waals surface area contributed by atoms with Crippen molar-refractivity contribution in [3.8, 4) is 23.0 Å². The standard InChI is InChI=1S/C35H33BrCl2N2O7S/c1-7-45-34(42)30-19(4)39-35-40(31(30)21-9-11-26(47-18(2)3)27(14-21)43-5)33(41)29(48-35)15-22-13-23(36)16-28(44-6)32(22)46-17-20-8-10-24(37)25(38)12-20/h8-16,18,31H,7,17H2,1-6H3/b29-15+/t31-/m0/s1. The van der Waals surface area contributed by atoms with E-state index < -0.39 is 12.0 Å². The van der Waals surface area contributed by atoms with Gasteiger partial charge in [0, 0.05) is 10.0 Å². The molecule has 0 saturated heterocycles. The van der Waals surface area contributed by atoms with Gasteiger partial charge in [-0.25, -0.2) is 9.79 Å². The highest BCUT2D eigenvalue weighted by Crippen LogP contribution is 2.38. The van der Waals surface area contributed by atoms with E-state index in [9.17, 15) is 9.59 Å². The van der Waals surface area contributed by atoms with Crippen LogP contribution in [0, 0.1) is 0 Å². The van der Waals surface area contributed by atoms with Crippen molar-refractivity contribution in [2.45, 2.75) is 46.4 Å². The summed E-state index contributed by atoms with van der Waals surface area (Å²) in [7, 11) is 3.08. The van der Waals surface area contributed by atoms with Crippen LogP contribution in [0.5, 0.6) is 23.0 Å². The van der Waals surface area contributed by atoms with Gasteiger partial charge in [0.1, 0.15) is 6.61 Å². The maximum atomic E-state index is 14.3. The zero-order valence-corrected chi connectivity index (χ0v) is 31.0. The number of nitrogens with zero attached hydrogens (tertiary/aromatic N) is 2. The summed E-state index contributed by atoms with van der Waals surface area (Å²) in [6, 6.07) is 13.4. The molecule has 48 heavy (non-hydrogen) atoms. The third-order valence-electron chi connectivity index (χ3n) is 7.31. The Balaban J connectivity index is 1.67. The third-order valence-corrected chi connectivity index (χ3v) is 9.48. The number of carbonyl (C=O) groups excluding carboxylic acids is 1. The molecule has 252 valence electrons. The lowest BCUT2D eigenvalue weighted by molar-refractivity contribution is -0.139. The quantitative estimate of drug-likeness (QED) is 0.148. The van der Waals surface area contributed by atoms with Crippen LogP contribution in [0.15, 0.2) is 74.1 Å². The number of ether oxygens (including phenoxy) is 5. The number of hydrogen-bond acceptors (Lipinski definition) is 9. The number of aromatic nitrogens is 1. The second kappa shape index (κ2) is 15.2. The minimum atomic E-state index is -0.841. The number of carbonyl (C=O) groups is 1. The van der Waals surface area contributed by atoms with E-state index >= 15 is 0 Å². The van der Waals surface area contributed by atoms with E-state index in [0.717, 1.165) is 10.0 Å². The molecule has 1 aromatic heterocycles. The molecule has 0 unspecified atom stereocenters. The Morgan fingerprint density at radius 1 is 1.04 bits per heavy atom. The van der Waals surface area contributed by atoms with E-state index in [0.29, 0.717) is 59.2 Å². The van der Waals surface area contributed by atoms with Crippen LogP contribution < -0.4 is 33.8 Å². The summed E-state index contributed by atoms with van der Waals surface area (Å²) in [5.74, 6) is 1.32. The van der Waals surface area contributed by atoms with Crippen LogP contribution in [-0.2, 0) is 16.1 Å². The Hall–Kier alpha value is -3.77. The predicted molar refractivity (Wildman–Crippen MR) is 191 cm³/mol. The molecule has 9 nitrogen and oxygen atoms in total. The number of rotatable bonds is 11. The summed E-state index contributed by atoms with van der Waals surface area (Å²) in [4.78, 5) is 32.8. The van der Waals surface area contributed by atoms with Gasteiger partial charge in [0.2, 0.25) is 0 Å². The fourth-order valence-electron chi connectivity index (χ4n) is 5.24. The average molecular weight is 777 g/mol. The van der Waals surface area contributed by atoms with Crippen molar-refractivity contribution in [1.29, 1.82) is 0 Å². The van der Waals surface area contributed by atoms with Crippen molar-refractivity contribution in [2.24, 2.45) is 4.99 Å². The lowest BCUT2D eigenvalue weighted by atomic mass is 9.95. The van der Waals surface area contributed by atoms with Gasteiger partial charge < -0.3 is 23.7 Å². The number of allylic oxidation sites excluding steroid dienone is 1. The fraction of sp³-hybridized carbons (Fsp3) is 0.286. The van der Waals surface area contributed by atoms with E-state index in [1.54, 1.807) is 57.4 Å². The molecular formula is C35H33BrCl2N2O7S. The molecule has 1 aliphatic heterocycles. The zero-order chi connectivity index (χ0) is 34.7. The third kappa shape index (κ3) is 7.44. The topological polar surface area (TPSA) is 97.6 Å². The summed E-state index contributed by atoms with van der Waals surface area (Å²) < 4.78 is 31.5. The smallest absolute Gasteiger partial charge is 0.338 e. The number of thiazole rings is 1. The summed E-state index contributed by atoms with van der Waals surface area (Å²) >= 11 is 17.1. The predicted octanol–water partition coefficient (Wildman–Crippen LogP) is 7.25. The Bertz CT molecular complexity index is 2090. The number of esters is 1. The molecule has 0 bridgehead atoms. The first kappa shape index (κ1) is 35.5. The first-order valence-electron chi connectivity index (χ1n) is 14.9. The zero-order valence-electron chi connectivity index (χ0n) is 27.1. The molecule has 0 fully saturated rings. The van der Waals surface area contributed by atoms with E-state index in [4.69, 9.17) is 46.9 Å². The van der Waals surface area contributed by atoms with Crippen molar-refractivity contribution in [3.05, 3.63) is 111 Å². The fourth-order valence-corrected chi connectivity index (χ4v) is 7.05. The van der Waals surface area contributed by atoms with Gasteiger partial charge in [0.25, 0.3) is 5.56 Å². The van der Waals surface area contributed by atoms with Gasteiger partial charge in [-0.3, -0.25) is 9.36 Å². The molecule has 0 N–H and O–H groups in total. The van der Waals surface area contributed by atoms with Crippen LogP contribution in [0.25, 0.3) is 6.08 Å². The largest absolute Gasteiger partial charge is 0.493 e. The normalized spacial score (nSPS) is 14.5. The van der Waals surface area contributed by atoms with E-state index in [2.05, 4.69) is 20.9 Å². The van der Waals surface area contributed by atoms with Crippen molar-refractivity contribution >= 4 is 62.5 Å². The van der Waals surface area contributed by atoms with Crippen molar-refractivity contribution in [2.75, 3.05) is 20.8 Å². The second-order valence-corrected chi connectivity index (χ2v) is 13.7. The molecule has 5 rings (SSSR count). The highest BCUT2D eigenvalue weighted by Gasteiger charge is 2.34. The highest BCUT2D eigenvalue weighted by atomic mass is 79.9. The molecule has 2 heterocycles. The van der Waals surface area contributed by atoms with Gasteiger partial charge in [-0.05, 0) is 81.3 Å².